The lowest BCUT2D eigenvalue weighted by Crippen LogP contribution is -2.11. The average molecular weight is 209 g/mol. The van der Waals surface area contributed by atoms with Gasteiger partial charge >= 0.3 is 0 Å². The van der Waals surface area contributed by atoms with Crippen LogP contribution in [0.15, 0.2) is 24.3 Å². The summed E-state index contributed by atoms with van der Waals surface area (Å²) in [7, 11) is 0. The van der Waals surface area contributed by atoms with Gasteiger partial charge < -0.3 is 15.6 Å². The minimum Gasteiger partial charge on any atom is -0.493 e. The monoisotopic (exact) mass is 209 g/mol. The SMILES string of the molecule is CC[C@@H](N)c1ccccc1OCCCO. The molecule has 1 aromatic carbocycles. The second-order valence-corrected chi connectivity index (χ2v) is 3.48. The largest absolute Gasteiger partial charge is 0.493 e. The maximum Gasteiger partial charge on any atom is 0.124 e. The highest BCUT2D eigenvalue weighted by Gasteiger charge is 2.09. The van der Waals surface area contributed by atoms with Gasteiger partial charge in [0.15, 0.2) is 0 Å². The lowest BCUT2D eigenvalue weighted by molar-refractivity contribution is 0.232. The van der Waals surface area contributed by atoms with Crippen LogP contribution in [0.25, 0.3) is 0 Å². The van der Waals surface area contributed by atoms with Gasteiger partial charge in [-0.05, 0) is 12.5 Å². The lowest BCUT2D eigenvalue weighted by Gasteiger charge is -2.15. The van der Waals surface area contributed by atoms with Crippen molar-refractivity contribution >= 4 is 0 Å². The molecule has 0 amide bonds. The average Bonchev–Trinajstić information content (AvgIpc) is 2.29. The Morgan fingerprint density at radius 2 is 2.13 bits per heavy atom. The molecule has 0 aliphatic heterocycles. The molecule has 0 saturated carbocycles. The summed E-state index contributed by atoms with van der Waals surface area (Å²) < 4.78 is 5.56. The number of hydrogen-bond acceptors (Lipinski definition) is 3. The zero-order chi connectivity index (χ0) is 11.1. The van der Waals surface area contributed by atoms with Crippen molar-refractivity contribution in [2.24, 2.45) is 5.73 Å². The third-order valence-electron chi connectivity index (χ3n) is 2.32. The van der Waals surface area contributed by atoms with E-state index in [1.165, 1.54) is 0 Å². The zero-order valence-electron chi connectivity index (χ0n) is 9.15. The topological polar surface area (TPSA) is 55.5 Å². The fourth-order valence-electron chi connectivity index (χ4n) is 1.38. The van der Waals surface area contributed by atoms with Gasteiger partial charge in [-0.2, -0.15) is 0 Å². The van der Waals surface area contributed by atoms with E-state index in [-0.39, 0.29) is 12.6 Å². The van der Waals surface area contributed by atoms with Gasteiger partial charge in [0.25, 0.3) is 0 Å². The van der Waals surface area contributed by atoms with Crippen LogP contribution in [0.4, 0.5) is 0 Å². The first kappa shape index (κ1) is 12.0. The molecular weight excluding hydrogens is 190 g/mol. The van der Waals surface area contributed by atoms with Crippen LogP contribution in [0, 0.1) is 0 Å². The third-order valence-corrected chi connectivity index (χ3v) is 2.32. The summed E-state index contributed by atoms with van der Waals surface area (Å²) in [6.45, 7) is 2.74. The first-order valence-corrected chi connectivity index (χ1v) is 5.37. The Kier molecular flexibility index (Phi) is 5.15. The molecule has 0 aromatic heterocycles. The van der Waals surface area contributed by atoms with Crippen molar-refractivity contribution in [3.05, 3.63) is 29.8 Å². The Morgan fingerprint density at radius 1 is 1.40 bits per heavy atom. The predicted molar refractivity (Wildman–Crippen MR) is 60.9 cm³/mol. The molecule has 3 heteroatoms. The number of para-hydroxylation sites is 1. The Bertz CT molecular complexity index is 289. The first-order valence-electron chi connectivity index (χ1n) is 5.37. The lowest BCUT2D eigenvalue weighted by atomic mass is 10.0. The fraction of sp³-hybridized carbons (Fsp3) is 0.500. The summed E-state index contributed by atoms with van der Waals surface area (Å²) in [5.41, 5.74) is 7.01. The van der Waals surface area contributed by atoms with Crippen molar-refractivity contribution in [3.8, 4) is 5.75 Å². The Labute approximate surface area is 90.9 Å². The molecule has 0 unspecified atom stereocenters. The summed E-state index contributed by atoms with van der Waals surface area (Å²) in [6, 6.07) is 7.82. The van der Waals surface area contributed by atoms with E-state index in [9.17, 15) is 0 Å². The van der Waals surface area contributed by atoms with Crippen molar-refractivity contribution in [3.63, 3.8) is 0 Å². The molecule has 1 aromatic rings. The molecule has 1 rings (SSSR count). The summed E-state index contributed by atoms with van der Waals surface area (Å²) >= 11 is 0. The summed E-state index contributed by atoms with van der Waals surface area (Å²) in [5.74, 6) is 0.834. The van der Waals surface area contributed by atoms with Gasteiger partial charge in [-0.1, -0.05) is 25.1 Å². The standard InChI is InChI=1S/C12H19NO2/c1-2-11(13)10-6-3-4-7-12(10)15-9-5-8-14/h3-4,6-7,11,14H,2,5,8-9,13H2,1H3/t11-/m1/s1. The van der Waals surface area contributed by atoms with Gasteiger partial charge in [0, 0.05) is 24.6 Å². The molecule has 15 heavy (non-hydrogen) atoms. The van der Waals surface area contributed by atoms with Gasteiger partial charge in [0.05, 0.1) is 6.61 Å². The second kappa shape index (κ2) is 6.43. The molecule has 0 bridgehead atoms. The fourth-order valence-corrected chi connectivity index (χ4v) is 1.38. The van der Waals surface area contributed by atoms with E-state index >= 15 is 0 Å². The van der Waals surface area contributed by atoms with Crippen LogP contribution in [0.2, 0.25) is 0 Å². The molecule has 0 heterocycles. The number of benzene rings is 1. The van der Waals surface area contributed by atoms with Crippen LogP contribution in [-0.2, 0) is 0 Å². The molecular formula is C12H19NO2. The highest BCUT2D eigenvalue weighted by molar-refractivity contribution is 5.35. The molecule has 3 N–H and O–H groups in total. The predicted octanol–water partition coefficient (Wildman–Crippen LogP) is 1.86. The van der Waals surface area contributed by atoms with Crippen LogP contribution in [0.1, 0.15) is 31.4 Å². The molecule has 84 valence electrons. The van der Waals surface area contributed by atoms with E-state index in [1.807, 2.05) is 24.3 Å². The van der Waals surface area contributed by atoms with E-state index in [4.69, 9.17) is 15.6 Å². The third kappa shape index (κ3) is 3.53. The van der Waals surface area contributed by atoms with E-state index in [0.717, 1.165) is 17.7 Å². The molecule has 1 atom stereocenters. The maximum atomic E-state index is 8.66. The molecule has 0 fully saturated rings. The summed E-state index contributed by atoms with van der Waals surface area (Å²) in [4.78, 5) is 0. The van der Waals surface area contributed by atoms with E-state index in [2.05, 4.69) is 6.92 Å². The highest BCUT2D eigenvalue weighted by Crippen LogP contribution is 2.25. The summed E-state index contributed by atoms with van der Waals surface area (Å²) in [5, 5.41) is 8.66. The Hall–Kier alpha value is -1.06. The van der Waals surface area contributed by atoms with Gasteiger partial charge in [-0.15, -0.1) is 0 Å². The van der Waals surface area contributed by atoms with Gasteiger partial charge in [0.1, 0.15) is 5.75 Å². The minimum atomic E-state index is 0.0235. The molecule has 0 saturated heterocycles. The van der Waals surface area contributed by atoms with Crippen LogP contribution in [-0.4, -0.2) is 18.3 Å². The van der Waals surface area contributed by atoms with Crippen LogP contribution >= 0.6 is 0 Å². The van der Waals surface area contributed by atoms with E-state index < -0.39 is 0 Å². The number of hydrogen-bond donors (Lipinski definition) is 2. The quantitative estimate of drug-likeness (QED) is 0.703. The first-order chi connectivity index (χ1) is 7.29. The van der Waals surface area contributed by atoms with Gasteiger partial charge in [-0.3, -0.25) is 0 Å². The molecule has 0 radical (unpaired) electrons. The Balaban J connectivity index is 2.68. The zero-order valence-corrected chi connectivity index (χ0v) is 9.15. The van der Waals surface area contributed by atoms with E-state index in [0.29, 0.717) is 13.0 Å². The van der Waals surface area contributed by atoms with Crippen LogP contribution in [0.5, 0.6) is 5.75 Å². The minimum absolute atomic E-state index is 0.0235. The van der Waals surface area contributed by atoms with Crippen molar-refractivity contribution in [1.29, 1.82) is 0 Å². The second-order valence-electron chi connectivity index (χ2n) is 3.48. The molecule has 3 nitrogen and oxygen atoms in total. The van der Waals surface area contributed by atoms with Crippen molar-refractivity contribution in [1.82, 2.24) is 0 Å². The molecule has 0 spiro atoms. The van der Waals surface area contributed by atoms with Gasteiger partial charge in [0.2, 0.25) is 0 Å². The number of rotatable bonds is 6. The number of nitrogens with two attached hydrogens (primary N) is 1. The molecule has 0 aliphatic rings. The van der Waals surface area contributed by atoms with Crippen molar-refractivity contribution in [2.75, 3.05) is 13.2 Å². The normalized spacial score (nSPS) is 12.5. The van der Waals surface area contributed by atoms with E-state index in [1.54, 1.807) is 0 Å². The van der Waals surface area contributed by atoms with Crippen molar-refractivity contribution < 1.29 is 9.84 Å². The van der Waals surface area contributed by atoms with Gasteiger partial charge in [-0.25, -0.2) is 0 Å². The Morgan fingerprint density at radius 3 is 2.80 bits per heavy atom. The van der Waals surface area contributed by atoms with Crippen LogP contribution in [0.3, 0.4) is 0 Å². The highest BCUT2D eigenvalue weighted by atomic mass is 16.5. The van der Waals surface area contributed by atoms with Crippen molar-refractivity contribution in [2.45, 2.75) is 25.8 Å². The number of aliphatic hydroxyl groups excluding tert-OH is 1. The molecule has 0 aliphatic carbocycles. The number of ether oxygens (including phenoxy) is 1. The summed E-state index contributed by atoms with van der Waals surface area (Å²) in [6.07, 6.45) is 1.54. The number of aliphatic hydroxyl groups is 1. The smallest absolute Gasteiger partial charge is 0.124 e. The van der Waals surface area contributed by atoms with Crippen LogP contribution < -0.4 is 10.5 Å². The maximum absolute atomic E-state index is 8.66.